The molecule has 4 rings (SSSR count). The van der Waals surface area contributed by atoms with E-state index in [1.165, 1.54) is 18.2 Å². The number of hydrogen-bond donors (Lipinski definition) is 0. The first kappa shape index (κ1) is 17.2. The number of amidine groups is 1. The zero-order valence-electron chi connectivity index (χ0n) is 14.1. The smallest absolute Gasteiger partial charge is 0.270 e. The summed E-state index contributed by atoms with van der Waals surface area (Å²) in [5, 5.41) is 13.0. The molecular formula is C20H14ClN3O3. The van der Waals surface area contributed by atoms with Crippen molar-refractivity contribution in [3.05, 3.63) is 86.9 Å². The van der Waals surface area contributed by atoms with Crippen LogP contribution in [0.3, 0.4) is 0 Å². The maximum atomic E-state index is 13.1. The number of carbonyl (C=O) groups excluding carboxylic acids is 1. The second kappa shape index (κ2) is 6.81. The summed E-state index contributed by atoms with van der Waals surface area (Å²) in [7, 11) is 0. The van der Waals surface area contributed by atoms with Crippen molar-refractivity contribution in [1.29, 1.82) is 0 Å². The zero-order chi connectivity index (χ0) is 19.0. The van der Waals surface area contributed by atoms with Crippen LogP contribution in [0.25, 0.3) is 10.8 Å². The highest BCUT2D eigenvalue weighted by Gasteiger charge is 2.28. The van der Waals surface area contributed by atoms with E-state index in [1.807, 2.05) is 42.5 Å². The topological polar surface area (TPSA) is 75.8 Å². The Hall–Kier alpha value is -3.25. The van der Waals surface area contributed by atoms with Crippen LogP contribution in [0.15, 0.2) is 65.7 Å². The number of benzene rings is 3. The summed E-state index contributed by atoms with van der Waals surface area (Å²) in [6.07, 6.45) is 0. The van der Waals surface area contributed by atoms with Gasteiger partial charge in [0.15, 0.2) is 0 Å². The predicted octanol–water partition coefficient (Wildman–Crippen LogP) is 4.30. The molecule has 1 heterocycles. The highest BCUT2D eigenvalue weighted by atomic mass is 35.5. The molecule has 7 heteroatoms. The van der Waals surface area contributed by atoms with Gasteiger partial charge in [-0.3, -0.25) is 24.8 Å². The van der Waals surface area contributed by atoms with Crippen molar-refractivity contribution < 1.29 is 9.72 Å². The van der Waals surface area contributed by atoms with Gasteiger partial charge in [-0.15, -0.1) is 0 Å². The van der Waals surface area contributed by atoms with Gasteiger partial charge in [-0.05, 0) is 16.8 Å². The molecule has 1 aliphatic heterocycles. The Morgan fingerprint density at radius 1 is 1.11 bits per heavy atom. The molecule has 1 amide bonds. The van der Waals surface area contributed by atoms with Crippen LogP contribution in [0, 0.1) is 10.1 Å². The van der Waals surface area contributed by atoms with Crippen LogP contribution < -0.4 is 0 Å². The Balaban J connectivity index is 1.73. The lowest BCUT2D eigenvalue weighted by Crippen LogP contribution is -2.35. The van der Waals surface area contributed by atoms with Gasteiger partial charge in [0.2, 0.25) is 0 Å². The minimum Gasteiger partial charge on any atom is -0.291 e. The Morgan fingerprint density at radius 2 is 1.89 bits per heavy atom. The molecule has 0 N–H and O–H groups in total. The zero-order valence-corrected chi connectivity index (χ0v) is 14.9. The van der Waals surface area contributed by atoms with Crippen LogP contribution in [-0.2, 0) is 0 Å². The van der Waals surface area contributed by atoms with E-state index in [9.17, 15) is 14.9 Å². The number of fused-ring (bicyclic) bond motifs is 1. The summed E-state index contributed by atoms with van der Waals surface area (Å²) < 4.78 is 0. The maximum Gasteiger partial charge on any atom is 0.270 e. The number of hydrogen-bond acceptors (Lipinski definition) is 4. The van der Waals surface area contributed by atoms with Gasteiger partial charge in [0.25, 0.3) is 11.6 Å². The van der Waals surface area contributed by atoms with Crippen LogP contribution in [0.1, 0.15) is 15.9 Å². The quantitative estimate of drug-likeness (QED) is 0.502. The van der Waals surface area contributed by atoms with E-state index in [0.717, 1.165) is 16.3 Å². The van der Waals surface area contributed by atoms with E-state index in [-0.39, 0.29) is 22.2 Å². The number of nitrogens with zero attached hydrogens (tertiary/aromatic N) is 3. The second-order valence-corrected chi connectivity index (χ2v) is 6.52. The lowest BCUT2D eigenvalue weighted by atomic mass is 10.0. The maximum absolute atomic E-state index is 13.1. The minimum atomic E-state index is -0.543. The van der Waals surface area contributed by atoms with Crippen molar-refractivity contribution in [2.75, 3.05) is 13.1 Å². The first-order valence-corrected chi connectivity index (χ1v) is 8.72. The molecule has 3 aromatic carbocycles. The molecule has 0 bridgehead atoms. The average Bonchev–Trinajstić information content (AvgIpc) is 3.16. The van der Waals surface area contributed by atoms with E-state index in [1.54, 1.807) is 4.90 Å². The molecule has 27 heavy (non-hydrogen) atoms. The number of carbonyl (C=O) groups is 1. The third-order valence-electron chi connectivity index (χ3n) is 4.51. The molecule has 134 valence electrons. The molecule has 0 spiro atoms. The van der Waals surface area contributed by atoms with E-state index in [0.29, 0.717) is 18.9 Å². The summed E-state index contributed by atoms with van der Waals surface area (Å²) in [6.45, 7) is 0.930. The van der Waals surface area contributed by atoms with Gasteiger partial charge >= 0.3 is 0 Å². The highest BCUT2D eigenvalue weighted by molar-refractivity contribution is 6.34. The molecule has 0 aliphatic carbocycles. The van der Waals surface area contributed by atoms with E-state index < -0.39 is 4.92 Å². The monoisotopic (exact) mass is 379 g/mol. The lowest BCUT2D eigenvalue weighted by molar-refractivity contribution is -0.384. The van der Waals surface area contributed by atoms with Crippen molar-refractivity contribution in [2.45, 2.75) is 0 Å². The van der Waals surface area contributed by atoms with Crippen molar-refractivity contribution in [2.24, 2.45) is 4.99 Å². The Bertz CT molecular complexity index is 1110. The van der Waals surface area contributed by atoms with E-state index in [4.69, 9.17) is 11.6 Å². The molecule has 0 aromatic heterocycles. The Labute approximate surface area is 159 Å². The fourth-order valence-corrected chi connectivity index (χ4v) is 3.49. The lowest BCUT2D eigenvalue weighted by Gasteiger charge is -2.20. The van der Waals surface area contributed by atoms with Crippen molar-refractivity contribution in [3.63, 3.8) is 0 Å². The third-order valence-corrected chi connectivity index (χ3v) is 4.82. The number of nitro groups is 1. The molecule has 0 radical (unpaired) electrons. The average molecular weight is 380 g/mol. The van der Waals surface area contributed by atoms with Gasteiger partial charge in [0.05, 0.1) is 22.1 Å². The number of rotatable bonds is 3. The molecule has 0 unspecified atom stereocenters. The standard InChI is InChI=1S/C20H14ClN3O3/c21-18-12-14(24(26)27)8-9-17(18)20(25)23-11-10-22-19(23)16-7-3-5-13-4-1-2-6-15(13)16/h1-9,12H,10-11H2. The fraction of sp³-hybridized carbons (Fsp3) is 0.100. The summed E-state index contributed by atoms with van der Waals surface area (Å²) in [5.41, 5.74) is 0.940. The number of aliphatic imine (C=N–C) groups is 1. The van der Waals surface area contributed by atoms with Crippen LogP contribution >= 0.6 is 11.6 Å². The summed E-state index contributed by atoms with van der Waals surface area (Å²) >= 11 is 6.14. The second-order valence-electron chi connectivity index (χ2n) is 6.11. The highest BCUT2D eigenvalue weighted by Crippen LogP contribution is 2.27. The number of halogens is 1. The number of amides is 1. The molecule has 6 nitrogen and oxygen atoms in total. The molecule has 0 fully saturated rings. The summed E-state index contributed by atoms with van der Waals surface area (Å²) in [4.78, 5) is 29.5. The molecular weight excluding hydrogens is 366 g/mol. The van der Waals surface area contributed by atoms with Crippen molar-refractivity contribution in [3.8, 4) is 0 Å². The van der Waals surface area contributed by atoms with Crippen LogP contribution in [0.5, 0.6) is 0 Å². The van der Waals surface area contributed by atoms with Gasteiger partial charge in [0, 0.05) is 24.2 Å². The summed E-state index contributed by atoms with van der Waals surface area (Å²) in [6, 6.07) is 17.6. The largest absolute Gasteiger partial charge is 0.291 e. The molecule has 0 saturated heterocycles. The molecule has 0 saturated carbocycles. The van der Waals surface area contributed by atoms with E-state index in [2.05, 4.69) is 4.99 Å². The van der Waals surface area contributed by atoms with Crippen LogP contribution in [0.2, 0.25) is 5.02 Å². The Kier molecular flexibility index (Phi) is 4.33. The van der Waals surface area contributed by atoms with E-state index >= 15 is 0 Å². The van der Waals surface area contributed by atoms with Gasteiger partial charge in [-0.2, -0.15) is 0 Å². The van der Waals surface area contributed by atoms with Gasteiger partial charge in [0.1, 0.15) is 5.84 Å². The van der Waals surface area contributed by atoms with Gasteiger partial charge in [-0.25, -0.2) is 0 Å². The van der Waals surface area contributed by atoms with Gasteiger partial charge in [-0.1, -0.05) is 54.1 Å². The molecule has 0 atom stereocenters. The molecule has 1 aliphatic rings. The Morgan fingerprint density at radius 3 is 2.67 bits per heavy atom. The van der Waals surface area contributed by atoms with Gasteiger partial charge < -0.3 is 0 Å². The molecule has 3 aromatic rings. The first-order valence-electron chi connectivity index (χ1n) is 8.34. The normalized spacial score (nSPS) is 13.7. The number of non-ortho nitro benzene ring substituents is 1. The van der Waals surface area contributed by atoms with Crippen molar-refractivity contribution in [1.82, 2.24) is 4.90 Å². The fourth-order valence-electron chi connectivity index (χ4n) is 3.23. The van der Waals surface area contributed by atoms with Crippen molar-refractivity contribution >= 4 is 39.8 Å². The number of nitro benzene ring substituents is 1. The minimum absolute atomic E-state index is 0.0540. The summed E-state index contributed by atoms with van der Waals surface area (Å²) in [5.74, 6) is 0.269. The SMILES string of the molecule is O=C(c1ccc([N+](=O)[O-])cc1Cl)N1CCN=C1c1cccc2ccccc12. The first-order chi connectivity index (χ1) is 13.1. The predicted molar refractivity (Wildman–Crippen MR) is 104 cm³/mol. The van der Waals surface area contributed by atoms with Crippen LogP contribution in [0.4, 0.5) is 5.69 Å². The van der Waals surface area contributed by atoms with Crippen LogP contribution in [-0.4, -0.2) is 34.7 Å². The third kappa shape index (κ3) is 3.04.